The van der Waals surface area contributed by atoms with Gasteiger partial charge in [0, 0.05) is 30.9 Å². The van der Waals surface area contributed by atoms with E-state index in [1.54, 1.807) is 12.1 Å². The summed E-state index contributed by atoms with van der Waals surface area (Å²) in [5.41, 5.74) is 0.630. The summed E-state index contributed by atoms with van der Waals surface area (Å²) in [6.45, 7) is 2.55. The Bertz CT molecular complexity index is 494. The van der Waals surface area contributed by atoms with Crippen LogP contribution in [-0.4, -0.2) is 51.7 Å². The van der Waals surface area contributed by atoms with Crippen LogP contribution in [0.25, 0.3) is 6.08 Å². The molecule has 6 heteroatoms. The first-order valence-electron chi connectivity index (χ1n) is 6.36. The summed E-state index contributed by atoms with van der Waals surface area (Å²) in [4.78, 5) is 28.4. The minimum absolute atomic E-state index is 0.126. The van der Waals surface area contributed by atoms with E-state index in [9.17, 15) is 9.59 Å². The van der Waals surface area contributed by atoms with Gasteiger partial charge in [0.1, 0.15) is 5.69 Å². The molecular formula is C14H18N2O4. The quantitative estimate of drug-likeness (QED) is 0.727. The zero-order chi connectivity index (χ0) is 15.0. The van der Waals surface area contributed by atoms with Gasteiger partial charge in [-0.1, -0.05) is 13.0 Å². The fourth-order valence-corrected chi connectivity index (χ4v) is 1.75. The Morgan fingerprint density at radius 1 is 1.40 bits per heavy atom. The van der Waals surface area contributed by atoms with Crippen molar-refractivity contribution in [2.24, 2.45) is 0 Å². The Morgan fingerprint density at radius 3 is 2.75 bits per heavy atom. The van der Waals surface area contributed by atoms with Crippen molar-refractivity contribution in [1.29, 1.82) is 0 Å². The number of aliphatic carboxylic acids is 1. The molecule has 0 saturated carbocycles. The third-order valence-corrected chi connectivity index (χ3v) is 2.60. The van der Waals surface area contributed by atoms with E-state index in [1.807, 2.05) is 6.92 Å². The predicted molar refractivity (Wildman–Crippen MR) is 74.2 cm³/mol. The van der Waals surface area contributed by atoms with Crippen LogP contribution in [0.3, 0.4) is 0 Å². The number of aliphatic hydroxyl groups excluding tert-OH is 1. The monoisotopic (exact) mass is 278 g/mol. The van der Waals surface area contributed by atoms with Crippen molar-refractivity contribution in [2.75, 3.05) is 19.7 Å². The molecule has 0 spiro atoms. The molecule has 0 fully saturated rings. The lowest BCUT2D eigenvalue weighted by Gasteiger charge is -2.21. The zero-order valence-electron chi connectivity index (χ0n) is 11.3. The second-order valence-electron chi connectivity index (χ2n) is 4.13. The average Bonchev–Trinajstić information content (AvgIpc) is 2.44. The van der Waals surface area contributed by atoms with Crippen molar-refractivity contribution in [2.45, 2.75) is 13.3 Å². The molecule has 0 aliphatic rings. The number of nitrogens with zero attached hydrogens (tertiary/aromatic N) is 2. The molecule has 6 nitrogen and oxygen atoms in total. The number of aliphatic hydroxyl groups is 1. The Kier molecular flexibility index (Phi) is 6.39. The maximum atomic E-state index is 12.4. The molecule has 0 saturated heterocycles. The zero-order valence-corrected chi connectivity index (χ0v) is 11.3. The lowest BCUT2D eigenvalue weighted by molar-refractivity contribution is -0.131. The van der Waals surface area contributed by atoms with E-state index in [0.29, 0.717) is 12.1 Å². The van der Waals surface area contributed by atoms with Crippen LogP contribution in [0.4, 0.5) is 0 Å². The van der Waals surface area contributed by atoms with E-state index < -0.39 is 5.97 Å². The van der Waals surface area contributed by atoms with Crippen LogP contribution in [0.5, 0.6) is 0 Å². The summed E-state index contributed by atoms with van der Waals surface area (Å²) in [7, 11) is 0. The van der Waals surface area contributed by atoms with Crippen LogP contribution in [0, 0.1) is 0 Å². The molecule has 20 heavy (non-hydrogen) atoms. The van der Waals surface area contributed by atoms with Gasteiger partial charge in [-0.2, -0.15) is 0 Å². The highest BCUT2D eigenvalue weighted by atomic mass is 16.4. The Hall–Kier alpha value is -2.21. The highest BCUT2D eigenvalue weighted by Gasteiger charge is 2.18. The number of aromatic nitrogens is 1. The Labute approximate surface area is 117 Å². The van der Waals surface area contributed by atoms with Gasteiger partial charge in [0.05, 0.1) is 6.61 Å². The summed E-state index contributed by atoms with van der Waals surface area (Å²) < 4.78 is 0. The smallest absolute Gasteiger partial charge is 0.328 e. The van der Waals surface area contributed by atoms with Crippen LogP contribution in [0.2, 0.25) is 0 Å². The molecule has 0 unspecified atom stereocenters. The lowest BCUT2D eigenvalue weighted by Crippen LogP contribution is -2.35. The largest absolute Gasteiger partial charge is 0.478 e. The molecule has 1 rings (SSSR count). The van der Waals surface area contributed by atoms with Crippen molar-refractivity contribution >= 4 is 18.0 Å². The molecule has 2 N–H and O–H groups in total. The first-order chi connectivity index (χ1) is 9.60. The van der Waals surface area contributed by atoms with E-state index in [1.165, 1.54) is 17.2 Å². The van der Waals surface area contributed by atoms with Gasteiger partial charge in [-0.3, -0.25) is 9.78 Å². The second-order valence-corrected chi connectivity index (χ2v) is 4.13. The van der Waals surface area contributed by atoms with Crippen molar-refractivity contribution < 1.29 is 19.8 Å². The maximum absolute atomic E-state index is 12.4. The van der Waals surface area contributed by atoms with Crippen molar-refractivity contribution in [1.82, 2.24) is 9.88 Å². The number of rotatable bonds is 7. The SMILES string of the molecule is CCCN(CCO)C(=O)c1ncccc1/C=C/C(=O)O. The summed E-state index contributed by atoms with van der Waals surface area (Å²) in [5.74, 6) is -1.40. The highest BCUT2D eigenvalue weighted by molar-refractivity contribution is 5.97. The number of pyridine rings is 1. The number of carboxylic acids is 1. The van der Waals surface area contributed by atoms with Crippen LogP contribution in [-0.2, 0) is 4.79 Å². The molecular weight excluding hydrogens is 260 g/mol. The number of hydrogen-bond donors (Lipinski definition) is 2. The van der Waals surface area contributed by atoms with Gasteiger partial charge in [0.2, 0.25) is 0 Å². The van der Waals surface area contributed by atoms with Crippen LogP contribution in [0.15, 0.2) is 24.4 Å². The molecule has 0 atom stereocenters. The maximum Gasteiger partial charge on any atom is 0.328 e. The number of carbonyl (C=O) groups excluding carboxylic acids is 1. The number of amides is 1. The van der Waals surface area contributed by atoms with Gasteiger partial charge < -0.3 is 15.1 Å². The molecule has 0 aromatic carbocycles. The predicted octanol–water partition coefficient (Wildman–Crippen LogP) is 1.02. The van der Waals surface area contributed by atoms with E-state index in [-0.39, 0.29) is 24.8 Å². The normalized spacial score (nSPS) is 10.7. The number of carboxylic acid groups (broad SMARTS) is 1. The van der Waals surface area contributed by atoms with Gasteiger partial charge in [-0.05, 0) is 18.6 Å². The fraction of sp³-hybridized carbons (Fsp3) is 0.357. The van der Waals surface area contributed by atoms with Crippen LogP contribution >= 0.6 is 0 Å². The molecule has 0 radical (unpaired) electrons. The minimum atomic E-state index is -1.09. The minimum Gasteiger partial charge on any atom is -0.478 e. The second kappa shape index (κ2) is 8.06. The summed E-state index contributed by atoms with van der Waals surface area (Å²) >= 11 is 0. The lowest BCUT2D eigenvalue weighted by atomic mass is 10.1. The average molecular weight is 278 g/mol. The van der Waals surface area contributed by atoms with Gasteiger partial charge in [0.15, 0.2) is 0 Å². The topological polar surface area (TPSA) is 90.7 Å². The molecule has 0 bridgehead atoms. The fourth-order valence-electron chi connectivity index (χ4n) is 1.75. The van der Waals surface area contributed by atoms with Crippen molar-refractivity contribution in [3.8, 4) is 0 Å². The summed E-state index contributed by atoms with van der Waals surface area (Å²) in [6.07, 6.45) is 4.54. The Morgan fingerprint density at radius 2 is 2.15 bits per heavy atom. The van der Waals surface area contributed by atoms with Crippen LogP contribution in [0.1, 0.15) is 29.4 Å². The highest BCUT2D eigenvalue weighted by Crippen LogP contribution is 2.11. The molecule has 1 heterocycles. The molecule has 1 aromatic heterocycles. The van der Waals surface area contributed by atoms with E-state index in [2.05, 4.69) is 4.98 Å². The van der Waals surface area contributed by atoms with Gasteiger partial charge >= 0.3 is 5.97 Å². The molecule has 1 amide bonds. The van der Waals surface area contributed by atoms with E-state index in [4.69, 9.17) is 10.2 Å². The van der Waals surface area contributed by atoms with Crippen LogP contribution < -0.4 is 0 Å². The summed E-state index contributed by atoms with van der Waals surface area (Å²) in [5, 5.41) is 17.6. The van der Waals surface area contributed by atoms with E-state index in [0.717, 1.165) is 12.5 Å². The molecule has 108 valence electrons. The molecule has 1 aromatic rings. The Balaban J connectivity index is 3.04. The molecule has 0 aliphatic heterocycles. The van der Waals surface area contributed by atoms with E-state index >= 15 is 0 Å². The third kappa shape index (κ3) is 4.47. The van der Waals surface area contributed by atoms with Gasteiger partial charge in [-0.25, -0.2) is 4.79 Å². The van der Waals surface area contributed by atoms with Gasteiger partial charge in [0.25, 0.3) is 5.91 Å². The van der Waals surface area contributed by atoms with Crippen molar-refractivity contribution in [3.05, 3.63) is 35.7 Å². The third-order valence-electron chi connectivity index (χ3n) is 2.60. The molecule has 0 aliphatic carbocycles. The summed E-state index contributed by atoms with van der Waals surface area (Å²) in [6, 6.07) is 3.26. The van der Waals surface area contributed by atoms with Gasteiger partial charge in [-0.15, -0.1) is 0 Å². The van der Waals surface area contributed by atoms with Crippen molar-refractivity contribution in [3.63, 3.8) is 0 Å². The first kappa shape index (κ1) is 15.8. The number of hydrogen-bond acceptors (Lipinski definition) is 4. The number of carbonyl (C=O) groups is 2. The standard InChI is InChI=1S/C14H18N2O4/c1-2-8-16(9-10-17)14(20)13-11(4-3-7-15-13)5-6-12(18)19/h3-7,17H,2,8-10H2,1H3,(H,18,19)/b6-5+. The first-order valence-corrected chi connectivity index (χ1v) is 6.36.